The van der Waals surface area contributed by atoms with Crippen molar-refractivity contribution in [1.29, 1.82) is 0 Å². The van der Waals surface area contributed by atoms with Gasteiger partial charge in [0.05, 0.1) is 13.7 Å². The monoisotopic (exact) mass is 252 g/mol. The third-order valence-corrected chi connectivity index (χ3v) is 2.16. The minimum absolute atomic E-state index is 0.220. The molecule has 0 radical (unpaired) electrons. The average molecular weight is 252 g/mol. The minimum atomic E-state index is -1.04. The number of esters is 1. The molecule has 1 atom stereocenters. The van der Waals surface area contributed by atoms with Crippen molar-refractivity contribution >= 4 is 12.0 Å². The van der Waals surface area contributed by atoms with Crippen LogP contribution in [0.2, 0.25) is 0 Å². The van der Waals surface area contributed by atoms with E-state index < -0.39 is 18.7 Å². The van der Waals surface area contributed by atoms with Crippen molar-refractivity contribution < 1.29 is 24.5 Å². The molecule has 0 aliphatic heterocycles. The summed E-state index contributed by atoms with van der Waals surface area (Å²) in [6, 6.07) is 7.15. The van der Waals surface area contributed by atoms with Gasteiger partial charge in [-0.05, 0) is 23.8 Å². The average Bonchev–Trinajstić information content (AvgIpc) is 2.42. The Morgan fingerprint density at radius 3 is 2.61 bits per heavy atom. The van der Waals surface area contributed by atoms with E-state index in [1.54, 1.807) is 37.5 Å². The molecule has 0 spiro atoms. The summed E-state index contributed by atoms with van der Waals surface area (Å²) in [4.78, 5) is 11.2. The van der Waals surface area contributed by atoms with Crippen LogP contribution in [-0.2, 0) is 9.53 Å². The van der Waals surface area contributed by atoms with Crippen molar-refractivity contribution in [3.8, 4) is 5.75 Å². The largest absolute Gasteiger partial charge is 0.497 e. The lowest BCUT2D eigenvalue weighted by Gasteiger charge is -2.06. The van der Waals surface area contributed by atoms with Gasteiger partial charge in [-0.3, -0.25) is 0 Å². The predicted molar refractivity (Wildman–Crippen MR) is 66.1 cm³/mol. The third-order valence-electron chi connectivity index (χ3n) is 2.16. The Kier molecular flexibility index (Phi) is 5.90. The molecule has 0 aliphatic carbocycles. The Morgan fingerprint density at radius 2 is 2.06 bits per heavy atom. The zero-order valence-corrected chi connectivity index (χ0v) is 10.1. The number of hydrogen-bond acceptors (Lipinski definition) is 5. The summed E-state index contributed by atoms with van der Waals surface area (Å²) in [6.07, 6.45) is 1.81. The lowest BCUT2D eigenvalue weighted by Crippen LogP contribution is -2.21. The van der Waals surface area contributed by atoms with E-state index in [-0.39, 0.29) is 6.61 Å². The Balaban J connectivity index is 2.45. The molecule has 0 bridgehead atoms. The van der Waals surface area contributed by atoms with E-state index in [1.165, 1.54) is 6.08 Å². The highest BCUT2D eigenvalue weighted by Gasteiger charge is 2.04. The van der Waals surface area contributed by atoms with E-state index in [1.807, 2.05) is 0 Å². The summed E-state index contributed by atoms with van der Waals surface area (Å²) < 4.78 is 9.71. The molecule has 2 N–H and O–H groups in total. The van der Waals surface area contributed by atoms with Gasteiger partial charge in [0.2, 0.25) is 0 Å². The fraction of sp³-hybridized carbons (Fsp3) is 0.308. The van der Waals surface area contributed by atoms with Crippen LogP contribution in [0.5, 0.6) is 5.75 Å². The van der Waals surface area contributed by atoms with E-state index in [2.05, 4.69) is 0 Å². The normalized spacial score (nSPS) is 12.4. The first-order chi connectivity index (χ1) is 8.65. The van der Waals surface area contributed by atoms with Crippen LogP contribution in [0, 0.1) is 0 Å². The quantitative estimate of drug-likeness (QED) is 0.573. The van der Waals surface area contributed by atoms with Crippen molar-refractivity contribution in [1.82, 2.24) is 0 Å². The van der Waals surface area contributed by atoms with Crippen molar-refractivity contribution in [3.05, 3.63) is 35.9 Å². The molecule has 1 aromatic carbocycles. The maximum atomic E-state index is 11.2. The van der Waals surface area contributed by atoms with Gasteiger partial charge in [0.25, 0.3) is 0 Å². The van der Waals surface area contributed by atoms with Crippen molar-refractivity contribution in [2.45, 2.75) is 6.10 Å². The number of carbonyl (C=O) groups is 1. The second-order valence-electron chi connectivity index (χ2n) is 3.57. The molecule has 1 rings (SSSR count). The molecule has 1 aromatic rings. The van der Waals surface area contributed by atoms with Crippen LogP contribution in [0.15, 0.2) is 30.3 Å². The summed E-state index contributed by atoms with van der Waals surface area (Å²) >= 11 is 0. The summed E-state index contributed by atoms with van der Waals surface area (Å²) in [6.45, 7) is -0.655. The SMILES string of the molecule is COc1ccc(/C=C/C(=O)OC[C@H](O)CO)cc1. The molecule has 0 fully saturated rings. The van der Waals surface area contributed by atoms with Crippen LogP contribution in [0.4, 0.5) is 0 Å². The fourth-order valence-corrected chi connectivity index (χ4v) is 1.16. The van der Waals surface area contributed by atoms with E-state index in [9.17, 15) is 4.79 Å². The lowest BCUT2D eigenvalue weighted by molar-refractivity contribution is -0.141. The molecule has 0 amide bonds. The Hall–Kier alpha value is -1.85. The maximum absolute atomic E-state index is 11.2. The molecule has 0 saturated carbocycles. The molecule has 0 heterocycles. The number of ether oxygens (including phenoxy) is 2. The summed E-state index contributed by atoms with van der Waals surface area (Å²) in [7, 11) is 1.58. The predicted octanol–water partition coefficient (Wildman–Crippen LogP) is 0.605. The number of methoxy groups -OCH3 is 1. The van der Waals surface area contributed by atoms with Crippen molar-refractivity contribution in [2.75, 3.05) is 20.3 Å². The summed E-state index contributed by atoms with van der Waals surface area (Å²) in [5.41, 5.74) is 0.829. The van der Waals surface area contributed by atoms with Gasteiger partial charge in [-0.2, -0.15) is 0 Å². The van der Waals surface area contributed by atoms with Gasteiger partial charge in [0.15, 0.2) is 0 Å². The van der Waals surface area contributed by atoms with Gasteiger partial charge in [-0.25, -0.2) is 4.79 Å². The fourth-order valence-electron chi connectivity index (χ4n) is 1.16. The first kappa shape index (κ1) is 14.2. The number of rotatable bonds is 6. The number of aliphatic hydroxyl groups is 2. The molecule has 0 unspecified atom stereocenters. The molecule has 0 aromatic heterocycles. The molecular weight excluding hydrogens is 236 g/mol. The Labute approximate surface area is 105 Å². The van der Waals surface area contributed by atoms with E-state index in [4.69, 9.17) is 19.7 Å². The highest BCUT2D eigenvalue weighted by atomic mass is 16.5. The highest BCUT2D eigenvalue weighted by Crippen LogP contribution is 2.12. The third kappa shape index (κ3) is 4.99. The van der Waals surface area contributed by atoms with Gasteiger partial charge >= 0.3 is 5.97 Å². The van der Waals surface area contributed by atoms with Crippen LogP contribution in [-0.4, -0.2) is 42.6 Å². The highest BCUT2D eigenvalue weighted by molar-refractivity contribution is 5.87. The smallest absolute Gasteiger partial charge is 0.330 e. The van der Waals surface area contributed by atoms with Gasteiger partial charge in [0, 0.05) is 6.08 Å². The van der Waals surface area contributed by atoms with Gasteiger partial charge < -0.3 is 19.7 Å². The van der Waals surface area contributed by atoms with Crippen LogP contribution < -0.4 is 4.74 Å². The summed E-state index contributed by atoms with van der Waals surface area (Å²) in [5, 5.41) is 17.5. The van der Waals surface area contributed by atoms with E-state index in [0.717, 1.165) is 11.3 Å². The maximum Gasteiger partial charge on any atom is 0.330 e. The molecule has 5 heteroatoms. The zero-order chi connectivity index (χ0) is 13.4. The van der Waals surface area contributed by atoms with Crippen LogP contribution in [0.1, 0.15) is 5.56 Å². The number of hydrogen-bond donors (Lipinski definition) is 2. The Morgan fingerprint density at radius 1 is 1.39 bits per heavy atom. The number of carbonyl (C=O) groups excluding carboxylic acids is 1. The molecule has 0 saturated heterocycles. The van der Waals surface area contributed by atoms with Crippen LogP contribution in [0.25, 0.3) is 6.08 Å². The number of benzene rings is 1. The van der Waals surface area contributed by atoms with E-state index >= 15 is 0 Å². The molecular formula is C13H16O5. The zero-order valence-electron chi connectivity index (χ0n) is 10.1. The Bertz CT molecular complexity index is 396. The van der Waals surface area contributed by atoms with Crippen LogP contribution >= 0.6 is 0 Å². The first-order valence-corrected chi connectivity index (χ1v) is 5.43. The molecule has 98 valence electrons. The second kappa shape index (κ2) is 7.47. The standard InChI is InChI=1S/C13H16O5/c1-17-12-5-2-10(3-6-12)4-7-13(16)18-9-11(15)8-14/h2-7,11,14-15H,8-9H2,1H3/b7-4+/t11-/m1/s1. The van der Waals surface area contributed by atoms with Crippen molar-refractivity contribution in [2.24, 2.45) is 0 Å². The van der Waals surface area contributed by atoms with Crippen molar-refractivity contribution in [3.63, 3.8) is 0 Å². The number of aliphatic hydroxyl groups excluding tert-OH is 2. The van der Waals surface area contributed by atoms with Crippen LogP contribution in [0.3, 0.4) is 0 Å². The second-order valence-corrected chi connectivity index (χ2v) is 3.57. The van der Waals surface area contributed by atoms with Gasteiger partial charge in [-0.15, -0.1) is 0 Å². The molecule has 5 nitrogen and oxygen atoms in total. The summed E-state index contributed by atoms with van der Waals surface area (Å²) in [5.74, 6) is 0.166. The minimum Gasteiger partial charge on any atom is -0.497 e. The van der Waals surface area contributed by atoms with E-state index in [0.29, 0.717) is 0 Å². The lowest BCUT2D eigenvalue weighted by atomic mass is 10.2. The topological polar surface area (TPSA) is 76.0 Å². The van der Waals surface area contributed by atoms with Gasteiger partial charge in [-0.1, -0.05) is 12.1 Å². The van der Waals surface area contributed by atoms with Gasteiger partial charge in [0.1, 0.15) is 18.5 Å². The first-order valence-electron chi connectivity index (χ1n) is 5.43. The molecule has 0 aliphatic rings. The molecule has 18 heavy (non-hydrogen) atoms.